The number of benzene rings is 10. The highest BCUT2D eigenvalue weighted by atomic mass is 15.0. The zero-order chi connectivity index (χ0) is 42.1. The maximum atomic E-state index is 5.23. The molecule has 3 nitrogen and oxygen atoms in total. The van der Waals surface area contributed by atoms with Gasteiger partial charge >= 0.3 is 0 Å². The van der Waals surface area contributed by atoms with E-state index in [1.807, 2.05) is 6.07 Å². The summed E-state index contributed by atoms with van der Waals surface area (Å²) in [6.45, 7) is 4.65. The van der Waals surface area contributed by atoms with Crippen molar-refractivity contribution in [3.05, 3.63) is 223 Å². The molecule has 0 bridgehead atoms. The Morgan fingerprint density at radius 3 is 1.57 bits per heavy atom. The summed E-state index contributed by atoms with van der Waals surface area (Å²) in [4.78, 5) is 15.6. The summed E-state index contributed by atoms with van der Waals surface area (Å²) in [6.07, 6.45) is 0. The van der Waals surface area contributed by atoms with E-state index < -0.39 is 0 Å². The zero-order valence-corrected chi connectivity index (χ0v) is 35.0. The summed E-state index contributed by atoms with van der Waals surface area (Å²) in [6, 6.07) is 76.2. The topological polar surface area (TPSA) is 38.7 Å². The van der Waals surface area contributed by atoms with Gasteiger partial charge in [0.1, 0.15) is 0 Å². The molecule has 63 heavy (non-hydrogen) atoms. The van der Waals surface area contributed by atoms with Crippen molar-refractivity contribution in [2.24, 2.45) is 0 Å². The molecule has 3 heteroatoms. The third-order valence-corrected chi connectivity index (χ3v) is 13.1. The largest absolute Gasteiger partial charge is 0.208 e. The van der Waals surface area contributed by atoms with Gasteiger partial charge in [0.05, 0.1) is 0 Å². The molecular weight excluding hydrogens is 763 g/mol. The van der Waals surface area contributed by atoms with Crippen LogP contribution in [-0.4, -0.2) is 15.0 Å². The number of nitrogens with zero attached hydrogens (tertiary/aromatic N) is 3. The summed E-state index contributed by atoms with van der Waals surface area (Å²) in [7, 11) is 0. The van der Waals surface area contributed by atoms with Crippen molar-refractivity contribution in [1.82, 2.24) is 15.0 Å². The second-order valence-corrected chi connectivity index (χ2v) is 17.2. The molecule has 1 aliphatic carbocycles. The van der Waals surface area contributed by atoms with Gasteiger partial charge in [0.15, 0.2) is 17.5 Å². The fourth-order valence-electron chi connectivity index (χ4n) is 9.93. The van der Waals surface area contributed by atoms with Crippen LogP contribution >= 0.6 is 0 Å². The van der Waals surface area contributed by atoms with E-state index in [4.69, 9.17) is 15.0 Å². The lowest BCUT2D eigenvalue weighted by Gasteiger charge is -2.21. The van der Waals surface area contributed by atoms with E-state index in [0.717, 1.165) is 38.9 Å². The van der Waals surface area contributed by atoms with E-state index >= 15 is 0 Å². The van der Waals surface area contributed by atoms with Gasteiger partial charge in [-0.15, -0.1) is 0 Å². The molecule has 1 heterocycles. The Kier molecular flexibility index (Phi) is 8.52. The highest BCUT2D eigenvalue weighted by Gasteiger charge is 2.35. The van der Waals surface area contributed by atoms with Gasteiger partial charge in [-0.05, 0) is 100 Å². The maximum Gasteiger partial charge on any atom is 0.164 e. The Bertz CT molecular complexity index is 3570. The minimum Gasteiger partial charge on any atom is -0.208 e. The number of fused-ring (bicyclic) bond motifs is 7. The Morgan fingerprint density at radius 2 is 0.825 bits per heavy atom. The van der Waals surface area contributed by atoms with Gasteiger partial charge in [-0.1, -0.05) is 214 Å². The van der Waals surface area contributed by atoms with Gasteiger partial charge in [0.2, 0.25) is 0 Å². The van der Waals surface area contributed by atoms with Crippen LogP contribution in [0.4, 0.5) is 0 Å². The van der Waals surface area contributed by atoms with Gasteiger partial charge in [0, 0.05) is 22.1 Å². The highest BCUT2D eigenvalue weighted by Crippen LogP contribution is 2.49. The summed E-state index contributed by atoms with van der Waals surface area (Å²) < 4.78 is 0. The standard InChI is InChI=1S/C60H41N3/c1-60(2)54-23-13-12-21-49(54)53-36-44(33-35-55(53)60)38-24-28-42(29-25-38)57-61-58(63-59(62-57)51-22-11-10-18-46(51)39-14-4-3-5-15-39)43-30-26-41(27-31-43)56-48-20-9-7-17-45(48)37-52-47-19-8-6-16-40(47)32-34-50(52)56/h3-37H,1-2H3. The quantitative estimate of drug-likeness (QED) is 0.124. The van der Waals surface area contributed by atoms with Crippen LogP contribution in [-0.2, 0) is 5.41 Å². The van der Waals surface area contributed by atoms with Crippen LogP contribution in [0.3, 0.4) is 0 Å². The summed E-state index contributed by atoms with van der Waals surface area (Å²) in [5.41, 5.74) is 15.1. The van der Waals surface area contributed by atoms with Crippen LogP contribution in [0.15, 0.2) is 212 Å². The summed E-state index contributed by atoms with van der Waals surface area (Å²) in [5.74, 6) is 1.89. The molecule has 0 radical (unpaired) electrons. The molecule has 11 aromatic rings. The van der Waals surface area contributed by atoms with Gasteiger partial charge in [-0.3, -0.25) is 0 Å². The Labute approximate surface area is 367 Å². The summed E-state index contributed by atoms with van der Waals surface area (Å²) in [5, 5.41) is 7.44. The van der Waals surface area contributed by atoms with Crippen LogP contribution < -0.4 is 0 Å². The first kappa shape index (κ1) is 36.8. The highest BCUT2D eigenvalue weighted by molar-refractivity contribution is 6.20. The van der Waals surface area contributed by atoms with Crippen LogP contribution in [0.2, 0.25) is 0 Å². The number of hydrogen-bond donors (Lipinski definition) is 0. The fourth-order valence-corrected chi connectivity index (χ4v) is 9.93. The zero-order valence-electron chi connectivity index (χ0n) is 35.0. The molecule has 0 aliphatic heterocycles. The minimum absolute atomic E-state index is 0.0263. The summed E-state index contributed by atoms with van der Waals surface area (Å²) >= 11 is 0. The molecule has 296 valence electrons. The molecule has 0 saturated heterocycles. The second kappa shape index (κ2) is 14.6. The first-order valence-electron chi connectivity index (χ1n) is 21.7. The predicted molar refractivity (Wildman–Crippen MR) is 263 cm³/mol. The first-order chi connectivity index (χ1) is 31.0. The molecule has 0 unspecified atom stereocenters. The lowest BCUT2D eigenvalue weighted by molar-refractivity contribution is 0.660. The van der Waals surface area contributed by atoms with Crippen molar-refractivity contribution in [2.75, 3.05) is 0 Å². The Hall–Kier alpha value is -8.01. The Morgan fingerprint density at radius 1 is 0.286 bits per heavy atom. The Balaban J connectivity index is 0.973. The van der Waals surface area contributed by atoms with Crippen molar-refractivity contribution in [3.63, 3.8) is 0 Å². The van der Waals surface area contributed by atoms with Crippen molar-refractivity contribution in [3.8, 4) is 78.7 Å². The van der Waals surface area contributed by atoms with E-state index in [1.54, 1.807) is 0 Å². The number of hydrogen-bond acceptors (Lipinski definition) is 3. The van der Waals surface area contributed by atoms with Gasteiger partial charge in [-0.2, -0.15) is 0 Å². The number of rotatable bonds is 6. The van der Waals surface area contributed by atoms with E-state index in [-0.39, 0.29) is 5.41 Å². The lowest BCUT2D eigenvalue weighted by Crippen LogP contribution is -2.14. The maximum absolute atomic E-state index is 5.23. The predicted octanol–water partition coefficient (Wildman–Crippen LogP) is 15.6. The molecule has 0 atom stereocenters. The van der Waals surface area contributed by atoms with E-state index in [1.165, 1.54) is 65.7 Å². The molecule has 10 aromatic carbocycles. The molecule has 1 aliphatic rings. The monoisotopic (exact) mass is 803 g/mol. The SMILES string of the molecule is CC1(C)c2ccccc2-c2cc(-c3ccc(-c4nc(-c5ccc(-c6c7ccccc7cc7c6ccc6ccccc67)cc5)nc(-c5ccccc5-c5ccccc5)n4)cc3)ccc21. The van der Waals surface area contributed by atoms with Crippen LogP contribution in [0.5, 0.6) is 0 Å². The molecule has 0 N–H and O–H groups in total. The first-order valence-corrected chi connectivity index (χ1v) is 21.7. The molecule has 0 spiro atoms. The van der Waals surface area contributed by atoms with E-state index in [0.29, 0.717) is 17.5 Å². The third-order valence-electron chi connectivity index (χ3n) is 13.1. The molecule has 1 aromatic heterocycles. The number of aromatic nitrogens is 3. The fraction of sp³-hybridized carbons (Fsp3) is 0.0500. The van der Waals surface area contributed by atoms with Crippen LogP contribution in [0, 0.1) is 0 Å². The van der Waals surface area contributed by atoms with Crippen molar-refractivity contribution in [1.29, 1.82) is 0 Å². The normalized spacial score (nSPS) is 12.7. The van der Waals surface area contributed by atoms with Crippen molar-refractivity contribution < 1.29 is 0 Å². The van der Waals surface area contributed by atoms with Crippen molar-refractivity contribution in [2.45, 2.75) is 19.3 Å². The van der Waals surface area contributed by atoms with Crippen LogP contribution in [0.1, 0.15) is 25.0 Å². The molecule has 12 rings (SSSR count). The van der Waals surface area contributed by atoms with Gasteiger partial charge in [-0.25, -0.2) is 15.0 Å². The van der Waals surface area contributed by atoms with Crippen LogP contribution in [0.25, 0.3) is 111 Å². The molecule has 0 amide bonds. The second-order valence-electron chi connectivity index (χ2n) is 17.2. The van der Waals surface area contributed by atoms with E-state index in [2.05, 4.69) is 220 Å². The van der Waals surface area contributed by atoms with Gasteiger partial charge < -0.3 is 0 Å². The van der Waals surface area contributed by atoms with Crippen molar-refractivity contribution >= 4 is 32.3 Å². The third kappa shape index (κ3) is 6.15. The molecular formula is C60H41N3. The molecule has 0 saturated carbocycles. The average molecular weight is 804 g/mol. The molecule has 0 fully saturated rings. The smallest absolute Gasteiger partial charge is 0.164 e. The average Bonchev–Trinajstić information content (AvgIpc) is 3.58. The minimum atomic E-state index is -0.0263. The van der Waals surface area contributed by atoms with Gasteiger partial charge in [0.25, 0.3) is 0 Å². The van der Waals surface area contributed by atoms with E-state index in [9.17, 15) is 0 Å². The lowest BCUT2D eigenvalue weighted by atomic mass is 9.82.